The number of fused-ring (bicyclic) bond motifs is 1. The molecule has 13 heteroatoms. The molecule has 0 aliphatic carbocycles. The van der Waals surface area contributed by atoms with Gasteiger partial charge in [0, 0.05) is 5.39 Å². The zero-order chi connectivity index (χ0) is 21.4. The molecule has 29 heavy (non-hydrogen) atoms. The molecule has 2 aromatic carbocycles. The highest BCUT2D eigenvalue weighted by Gasteiger charge is 2.45. The molecule has 0 aliphatic rings. The molecule has 2 N–H and O–H groups in total. The number of nitrogen functional groups attached to an aromatic ring is 1. The molecule has 0 bridgehead atoms. The second-order valence-electron chi connectivity index (χ2n) is 5.54. The Morgan fingerprint density at radius 3 is 2.03 bits per heavy atom. The molecule has 1 aromatic heterocycles. The Morgan fingerprint density at radius 1 is 0.828 bits per heavy atom. The van der Waals surface area contributed by atoms with E-state index in [4.69, 9.17) is 80.2 Å². The van der Waals surface area contributed by atoms with Crippen LogP contribution in [0.5, 0.6) is 0 Å². The first-order valence-electron chi connectivity index (χ1n) is 7.79. The zero-order valence-electron chi connectivity index (χ0n) is 14.5. The molecule has 0 saturated heterocycles. The van der Waals surface area contributed by atoms with Gasteiger partial charge in [-0.1, -0.05) is 106 Å². The summed E-state index contributed by atoms with van der Waals surface area (Å²) in [6, 6.07) is 13.3. The number of benzene rings is 2. The summed E-state index contributed by atoms with van der Waals surface area (Å²) in [5.74, 6) is -0.504. The molecular formula is C16H12Cl6N6O. The van der Waals surface area contributed by atoms with Gasteiger partial charge >= 0.3 is 0 Å². The van der Waals surface area contributed by atoms with Gasteiger partial charge in [-0.25, -0.2) is 4.90 Å². The van der Waals surface area contributed by atoms with Crippen molar-refractivity contribution >= 4 is 104 Å². The van der Waals surface area contributed by atoms with Gasteiger partial charge in [0.15, 0.2) is 0 Å². The van der Waals surface area contributed by atoms with Crippen molar-refractivity contribution in [3.63, 3.8) is 0 Å². The van der Waals surface area contributed by atoms with E-state index in [1.54, 1.807) is 0 Å². The minimum absolute atomic E-state index is 0.0140. The molecule has 0 atom stereocenters. The molecule has 3 rings (SSSR count). The quantitative estimate of drug-likeness (QED) is 0.268. The molecular weight excluding hydrogens is 505 g/mol. The van der Waals surface area contributed by atoms with Crippen LogP contribution in [0.25, 0.3) is 10.8 Å². The van der Waals surface area contributed by atoms with E-state index in [2.05, 4.69) is 15.0 Å². The monoisotopic (exact) mass is 514 g/mol. The molecule has 0 radical (unpaired) electrons. The normalized spacial score (nSPS) is 12.2. The van der Waals surface area contributed by atoms with Crippen molar-refractivity contribution in [2.24, 2.45) is 0 Å². The number of rotatable bonds is 4. The SMILES string of the molecule is CON(c1nc(N)nc(N(C(Cl)(Cl)Cl)C(Cl)(Cl)Cl)n1)c1cccc2ccccc12. The van der Waals surface area contributed by atoms with Crippen LogP contribution in [0.4, 0.5) is 23.5 Å². The highest BCUT2D eigenvalue weighted by Crippen LogP contribution is 2.45. The summed E-state index contributed by atoms with van der Waals surface area (Å²) >= 11 is 35.7. The second kappa shape index (κ2) is 8.51. The van der Waals surface area contributed by atoms with Gasteiger partial charge < -0.3 is 5.73 Å². The maximum absolute atomic E-state index is 5.95. The van der Waals surface area contributed by atoms with Crippen LogP contribution in [-0.4, -0.2) is 29.9 Å². The maximum atomic E-state index is 5.95. The molecule has 0 spiro atoms. The van der Waals surface area contributed by atoms with Crippen LogP contribution in [0.2, 0.25) is 0 Å². The molecule has 154 valence electrons. The predicted octanol–water partition coefficient (Wildman–Crippen LogP) is 5.77. The minimum Gasteiger partial charge on any atom is -0.368 e. The smallest absolute Gasteiger partial charge is 0.273 e. The van der Waals surface area contributed by atoms with Gasteiger partial charge in [0.2, 0.25) is 11.9 Å². The third kappa shape index (κ3) is 4.94. The molecule has 0 aliphatic heterocycles. The standard InChI is InChI=1S/C16H12Cl6N6O/c1-29-27(11-8-4-6-9-5-2-3-7-10(9)11)13-24-12(23)25-14(26-13)28(15(17,18)19)16(20,21)22/h2-8H,1H3,(H2,23,24,25,26). The topological polar surface area (TPSA) is 80.4 Å². The van der Waals surface area contributed by atoms with Gasteiger partial charge in [0.05, 0.1) is 12.8 Å². The van der Waals surface area contributed by atoms with E-state index >= 15 is 0 Å². The molecule has 1 heterocycles. The summed E-state index contributed by atoms with van der Waals surface area (Å²) in [7, 11) is 1.43. The molecule has 7 nitrogen and oxygen atoms in total. The highest BCUT2D eigenvalue weighted by molar-refractivity contribution is 6.74. The van der Waals surface area contributed by atoms with E-state index in [1.165, 1.54) is 12.2 Å². The van der Waals surface area contributed by atoms with Crippen molar-refractivity contribution in [3.8, 4) is 0 Å². The highest BCUT2D eigenvalue weighted by atomic mass is 35.6. The third-order valence-corrected chi connectivity index (χ3v) is 4.70. The van der Waals surface area contributed by atoms with E-state index in [-0.39, 0.29) is 17.8 Å². The summed E-state index contributed by atoms with van der Waals surface area (Å²) in [6.07, 6.45) is 0. The van der Waals surface area contributed by atoms with E-state index in [0.717, 1.165) is 15.7 Å². The van der Waals surface area contributed by atoms with Gasteiger partial charge in [-0.05, 0) is 11.5 Å². The van der Waals surface area contributed by atoms with Crippen LogP contribution in [0.15, 0.2) is 42.5 Å². The van der Waals surface area contributed by atoms with Crippen LogP contribution in [-0.2, 0) is 4.84 Å². The van der Waals surface area contributed by atoms with Crippen LogP contribution in [0.1, 0.15) is 0 Å². The molecule has 0 amide bonds. The second-order valence-corrected chi connectivity index (χ2v) is 9.98. The lowest BCUT2D eigenvalue weighted by Gasteiger charge is -2.35. The number of nitrogens with zero attached hydrogens (tertiary/aromatic N) is 5. The Bertz CT molecular complexity index is 1010. The van der Waals surface area contributed by atoms with Crippen molar-refractivity contribution in [1.29, 1.82) is 0 Å². The van der Waals surface area contributed by atoms with Crippen molar-refractivity contribution in [3.05, 3.63) is 42.5 Å². The summed E-state index contributed by atoms with van der Waals surface area (Å²) in [6.45, 7) is 0. The summed E-state index contributed by atoms with van der Waals surface area (Å²) in [5.41, 5.74) is 6.47. The van der Waals surface area contributed by atoms with Gasteiger partial charge in [0.1, 0.15) is 0 Å². The average Bonchev–Trinajstić information content (AvgIpc) is 2.59. The van der Waals surface area contributed by atoms with Crippen molar-refractivity contribution in [2.45, 2.75) is 7.83 Å². The molecule has 3 aromatic rings. The number of alkyl halides is 6. The Balaban J connectivity index is 2.17. The lowest BCUT2D eigenvalue weighted by Crippen LogP contribution is -2.46. The van der Waals surface area contributed by atoms with E-state index < -0.39 is 7.83 Å². The maximum Gasteiger partial charge on any atom is 0.273 e. The Kier molecular flexibility index (Phi) is 6.60. The van der Waals surface area contributed by atoms with E-state index in [9.17, 15) is 0 Å². The van der Waals surface area contributed by atoms with Crippen molar-refractivity contribution < 1.29 is 4.84 Å². The Labute approximate surface area is 196 Å². The van der Waals surface area contributed by atoms with Crippen LogP contribution < -0.4 is 15.7 Å². The fourth-order valence-electron chi connectivity index (χ4n) is 2.60. The number of halogens is 6. The van der Waals surface area contributed by atoms with Crippen LogP contribution >= 0.6 is 69.6 Å². The molecule has 0 saturated carbocycles. The predicted molar refractivity (Wildman–Crippen MR) is 120 cm³/mol. The third-order valence-electron chi connectivity index (χ3n) is 3.69. The van der Waals surface area contributed by atoms with Crippen LogP contribution in [0.3, 0.4) is 0 Å². The molecule has 0 fully saturated rings. The lowest BCUT2D eigenvalue weighted by atomic mass is 10.1. The molecule has 0 unspecified atom stereocenters. The van der Waals surface area contributed by atoms with Gasteiger partial charge in [-0.2, -0.15) is 20.0 Å². The number of nitrogens with two attached hydrogens (primary N) is 1. The number of anilines is 4. The number of hydrogen-bond donors (Lipinski definition) is 1. The average molecular weight is 517 g/mol. The first kappa shape index (κ1) is 22.5. The van der Waals surface area contributed by atoms with E-state index in [1.807, 2.05) is 42.5 Å². The Morgan fingerprint density at radius 2 is 1.41 bits per heavy atom. The van der Waals surface area contributed by atoms with Gasteiger partial charge in [-0.3, -0.25) is 4.84 Å². The first-order chi connectivity index (χ1) is 13.5. The summed E-state index contributed by atoms with van der Waals surface area (Å²) in [5, 5.41) is 3.18. The van der Waals surface area contributed by atoms with E-state index in [0.29, 0.717) is 5.69 Å². The van der Waals surface area contributed by atoms with Crippen molar-refractivity contribution in [1.82, 2.24) is 15.0 Å². The zero-order valence-corrected chi connectivity index (χ0v) is 19.1. The first-order valence-corrected chi connectivity index (χ1v) is 10.1. The lowest BCUT2D eigenvalue weighted by molar-refractivity contribution is 0.197. The van der Waals surface area contributed by atoms with Crippen LogP contribution in [0, 0.1) is 0 Å². The fraction of sp³-hybridized carbons (Fsp3) is 0.188. The largest absolute Gasteiger partial charge is 0.368 e. The van der Waals surface area contributed by atoms with Gasteiger partial charge in [0.25, 0.3) is 13.8 Å². The fourth-order valence-corrected chi connectivity index (χ4v) is 4.21. The van der Waals surface area contributed by atoms with Gasteiger partial charge in [-0.15, -0.1) is 0 Å². The summed E-state index contributed by atoms with van der Waals surface area (Å²) in [4.78, 5) is 18.5. The Hall–Kier alpha value is -1.19. The number of hydrogen-bond acceptors (Lipinski definition) is 7. The minimum atomic E-state index is -2.20. The van der Waals surface area contributed by atoms with Crippen molar-refractivity contribution in [2.75, 3.05) is 22.8 Å². The number of aromatic nitrogens is 3. The summed E-state index contributed by atoms with van der Waals surface area (Å²) < 4.78 is -4.40.